The van der Waals surface area contributed by atoms with Crippen molar-refractivity contribution in [1.82, 2.24) is 19.8 Å². The molecule has 142 valence electrons. The van der Waals surface area contributed by atoms with Crippen LogP contribution in [0.4, 0.5) is 14.9 Å². The van der Waals surface area contributed by atoms with Gasteiger partial charge in [-0.2, -0.15) is 10.2 Å². The van der Waals surface area contributed by atoms with Crippen LogP contribution in [0.15, 0.2) is 35.4 Å². The van der Waals surface area contributed by atoms with Crippen LogP contribution in [0.1, 0.15) is 24.2 Å². The number of nitrogens with zero attached hydrogens (tertiary/aromatic N) is 3. The van der Waals surface area contributed by atoms with E-state index < -0.39 is 45.3 Å². The summed E-state index contributed by atoms with van der Waals surface area (Å²) in [6.07, 6.45) is 1.51. The average Bonchev–Trinajstić information content (AvgIpc) is 2.60. The molecule has 1 aromatic heterocycles. The zero-order valence-corrected chi connectivity index (χ0v) is 15.2. The van der Waals surface area contributed by atoms with Crippen LogP contribution in [0.5, 0.6) is 0 Å². The van der Waals surface area contributed by atoms with Gasteiger partial charge in [0.2, 0.25) is 5.91 Å². The number of hydrogen-bond acceptors (Lipinski definition) is 6. The summed E-state index contributed by atoms with van der Waals surface area (Å²) in [5, 5.41) is 12.6. The largest absolute Gasteiger partial charge is 0.346 e. The van der Waals surface area contributed by atoms with Crippen molar-refractivity contribution in [1.29, 1.82) is 0 Å². The molecule has 1 aliphatic heterocycles. The summed E-state index contributed by atoms with van der Waals surface area (Å²) >= 11 is 0. The lowest BCUT2D eigenvalue weighted by Gasteiger charge is -2.28. The van der Waals surface area contributed by atoms with Gasteiger partial charge >= 0.3 is 6.03 Å². The maximum Gasteiger partial charge on any atom is 0.336 e. The number of aryl methyl sites for hydroxylation is 1. The Hall–Kier alpha value is -3.08. The van der Waals surface area contributed by atoms with E-state index in [1.54, 1.807) is 19.9 Å². The number of nitrogens with one attached hydrogen (secondary N) is 2. The van der Waals surface area contributed by atoms with E-state index in [1.807, 2.05) is 0 Å². The zero-order valence-electron chi connectivity index (χ0n) is 14.4. The van der Waals surface area contributed by atoms with Gasteiger partial charge in [0.1, 0.15) is 17.3 Å². The lowest BCUT2D eigenvalue weighted by atomic mass is 10.1. The van der Waals surface area contributed by atoms with E-state index >= 15 is 0 Å². The summed E-state index contributed by atoms with van der Waals surface area (Å²) in [5.74, 6) is -1.49. The van der Waals surface area contributed by atoms with Crippen molar-refractivity contribution in [2.75, 3.05) is 11.9 Å². The van der Waals surface area contributed by atoms with Crippen LogP contribution in [0.3, 0.4) is 0 Å². The Labute approximate surface area is 154 Å². The summed E-state index contributed by atoms with van der Waals surface area (Å²) in [7, 11) is -4.37. The third kappa shape index (κ3) is 3.58. The Morgan fingerprint density at radius 2 is 2.11 bits per heavy atom. The molecule has 2 heterocycles. The maximum atomic E-state index is 13.4. The van der Waals surface area contributed by atoms with Crippen LogP contribution in [-0.2, 0) is 14.8 Å². The number of fused-ring (bicyclic) bond motifs is 1. The Balaban J connectivity index is 1.80. The highest BCUT2D eigenvalue weighted by Gasteiger charge is 2.38. The van der Waals surface area contributed by atoms with Gasteiger partial charge in [-0.15, -0.1) is 0 Å². The van der Waals surface area contributed by atoms with Crippen LogP contribution in [0, 0.1) is 12.7 Å². The quantitative estimate of drug-likeness (QED) is 0.808. The predicted molar refractivity (Wildman–Crippen MR) is 92.6 cm³/mol. The Bertz CT molecular complexity index is 1030. The van der Waals surface area contributed by atoms with Crippen molar-refractivity contribution in [2.45, 2.75) is 24.8 Å². The number of benzene rings is 1. The van der Waals surface area contributed by atoms with Crippen LogP contribution in [-0.4, -0.2) is 41.4 Å². The van der Waals surface area contributed by atoms with Crippen molar-refractivity contribution in [3.8, 4) is 0 Å². The lowest BCUT2D eigenvalue weighted by Crippen LogP contribution is -2.49. The highest BCUT2D eigenvalue weighted by atomic mass is 32.2. The fourth-order valence-electron chi connectivity index (χ4n) is 2.69. The average molecular weight is 393 g/mol. The first-order valence-corrected chi connectivity index (χ1v) is 9.35. The summed E-state index contributed by atoms with van der Waals surface area (Å²) in [6, 6.07) is 3.15. The number of anilines is 1. The minimum Gasteiger partial charge on any atom is -0.346 e. The number of carbonyl (C=O) groups excluding carboxylic acids is 2. The molecule has 2 N–H and O–H groups in total. The number of carbonyl (C=O) groups is 2. The minimum atomic E-state index is -4.37. The van der Waals surface area contributed by atoms with Crippen molar-refractivity contribution in [2.24, 2.45) is 0 Å². The van der Waals surface area contributed by atoms with Gasteiger partial charge in [-0.3, -0.25) is 4.79 Å². The van der Waals surface area contributed by atoms with Crippen LogP contribution in [0.2, 0.25) is 0 Å². The minimum absolute atomic E-state index is 0.0402. The molecule has 1 aromatic carbocycles. The van der Waals surface area contributed by atoms with Gasteiger partial charge in [-0.1, -0.05) is 0 Å². The van der Waals surface area contributed by atoms with E-state index in [0.717, 1.165) is 23.8 Å². The fourth-order valence-corrected chi connectivity index (χ4v) is 4.14. The zero-order chi connectivity index (χ0) is 19.8. The molecule has 0 fully saturated rings. The molecule has 1 aliphatic rings. The van der Waals surface area contributed by atoms with E-state index in [-0.39, 0.29) is 5.69 Å². The molecular weight excluding hydrogens is 377 g/mol. The molecule has 27 heavy (non-hydrogen) atoms. The first kappa shape index (κ1) is 18.7. The molecule has 1 atom stereocenters. The smallest absolute Gasteiger partial charge is 0.336 e. The second-order valence-electron chi connectivity index (χ2n) is 5.97. The highest BCUT2D eigenvalue weighted by Crippen LogP contribution is 2.30. The third-order valence-electron chi connectivity index (χ3n) is 4.02. The number of halogens is 1. The van der Waals surface area contributed by atoms with Gasteiger partial charge in [-0.05, 0) is 43.7 Å². The molecule has 3 rings (SSSR count). The number of sulfonamides is 1. The molecule has 0 aliphatic carbocycles. The van der Waals surface area contributed by atoms with Gasteiger partial charge in [-0.25, -0.2) is 21.9 Å². The number of urea groups is 1. The number of hydrogen-bond donors (Lipinski definition) is 2. The molecular formula is C16H16FN5O4S. The molecule has 0 saturated carbocycles. The topological polar surface area (TPSA) is 121 Å². The van der Waals surface area contributed by atoms with Gasteiger partial charge in [0.25, 0.3) is 10.0 Å². The maximum absolute atomic E-state index is 13.4. The van der Waals surface area contributed by atoms with Gasteiger partial charge in [0.15, 0.2) is 0 Å². The summed E-state index contributed by atoms with van der Waals surface area (Å²) in [5.41, 5.74) is 1.27. The number of amides is 3. The van der Waals surface area contributed by atoms with E-state index in [2.05, 4.69) is 20.8 Å². The molecule has 9 nitrogen and oxygen atoms in total. The number of aromatic nitrogens is 2. The Morgan fingerprint density at radius 1 is 1.37 bits per heavy atom. The summed E-state index contributed by atoms with van der Waals surface area (Å²) in [4.78, 5) is 24.0. The second-order valence-corrected chi connectivity index (χ2v) is 7.80. The SMILES string of the molecule is Cc1ccnnc1[C@@H](C)NC(=O)CN1C(=O)Nc2ccc(F)cc2S1(=O)=O. The fraction of sp³-hybridized carbons (Fsp3) is 0.250. The monoisotopic (exact) mass is 393 g/mol. The van der Waals surface area contributed by atoms with E-state index in [4.69, 9.17) is 0 Å². The van der Waals surface area contributed by atoms with Gasteiger partial charge < -0.3 is 10.6 Å². The molecule has 0 unspecified atom stereocenters. The van der Waals surface area contributed by atoms with Crippen molar-refractivity contribution >= 4 is 27.6 Å². The number of rotatable bonds is 4. The lowest BCUT2D eigenvalue weighted by molar-refractivity contribution is -0.121. The van der Waals surface area contributed by atoms with E-state index in [9.17, 15) is 22.4 Å². The Kier molecular flexibility index (Phi) is 4.79. The highest BCUT2D eigenvalue weighted by molar-refractivity contribution is 7.90. The van der Waals surface area contributed by atoms with Gasteiger partial charge in [0, 0.05) is 6.20 Å². The molecule has 0 saturated heterocycles. The molecule has 0 radical (unpaired) electrons. The van der Waals surface area contributed by atoms with Crippen molar-refractivity contribution in [3.63, 3.8) is 0 Å². The van der Waals surface area contributed by atoms with Crippen LogP contribution < -0.4 is 10.6 Å². The molecule has 2 aromatic rings. The predicted octanol–water partition coefficient (Wildman–Crippen LogP) is 1.34. The van der Waals surface area contributed by atoms with Gasteiger partial charge in [0.05, 0.1) is 17.4 Å². The third-order valence-corrected chi connectivity index (χ3v) is 5.78. The summed E-state index contributed by atoms with van der Waals surface area (Å²) in [6.45, 7) is 2.69. The van der Waals surface area contributed by atoms with Crippen molar-refractivity contribution < 1.29 is 22.4 Å². The second kappa shape index (κ2) is 6.91. The normalized spacial score (nSPS) is 16.3. The first-order chi connectivity index (χ1) is 12.7. The standard InChI is InChI=1S/C16H16FN5O4S/c1-9-5-6-18-21-15(9)10(2)19-14(23)8-22-16(24)20-12-4-3-11(17)7-13(12)27(22,25)26/h3-7,10H,8H2,1-2H3,(H,19,23)(H,20,24)/t10-/m1/s1. The molecule has 0 bridgehead atoms. The molecule has 11 heteroatoms. The van der Waals surface area contributed by atoms with Crippen molar-refractivity contribution in [3.05, 3.63) is 47.5 Å². The van der Waals surface area contributed by atoms with Crippen LogP contribution in [0.25, 0.3) is 0 Å². The van der Waals surface area contributed by atoms with E-state index in [0.29, 0.717) is 10.00 Å². The molecule has 0 spiro atoms. The van der Waals surface area contributed by atoms with E-state index in [1.165, 1.54) is 6.20 Å². The first-order valence-electron chi connectivity index (χ1n) is 7.91. The van der Waals surface area contributed by atoms with Crippen LogP contribution >= 0.6 is 0 Å². The Morgan fingerprint density at radius 3 is 2.81 bits per heavy atom. The molecule has 3 amide bonds. The summed E-state index contributed by atoms with van der Waals surface area (Å²) < 4.78 is 39.0.